The molecule has 0 amide bonds. The van der Waals surface area contributed by atoms with E-state index in [4.69, 9.17) is 11.6 Å². The summed E-state index contributed by atoms with van der Waals surface area (Å²) in [5.41, 5.74) is 1.04. The third-order valence-electron chi connectivity index (χ3n) is 1.36. The molecular formula is C8H8BrCl. The molecule has 0 saturated heterocycles. The topological polar surface area (TPSA) is 0 Å². The van der Waals surface area contributed by atoms with Gasteiger partial charge in [0.25, 0.3) is 0 Å². The van der Waals surface area contributed by atoms with Crippen LogP contribution in [0.4, 0.5) is 0 Å². The van der Waals surface area contributed by atoms with Gasteiger partial charge in [-0.2, -0.15) is 0 Å². The Bertz CT molecular complexity index is 203. The maximum atomic E-state index is 5.67. The highest BCUT2D eigenvalue weighted by Crippen LogP contribution is 2.22. The molecule has 1 atom stereocenters. The van der Waals surface area contributed by atoms with E-state index in [9.17, 15) is 0 Å². The number of allylic oxidation sites excluding steroid dienone is 5. The fourth-order valence-electron chi connectivity index (χ4n) is 0.795. The Kier molecular flexibility index (Phi) is 2.75. The zero-order chi connectivity index (χ0) is 7.56. The van der Waals surface area contributed by atoms with Crippen LogP contribution in [-0.2, 0) is 0 Å². The molecule has 0 bridgehead atoms. The Morgan fingerprint density at radius 1 is 1.80 bits per heavy atom. The van der Waals surface area contributed by atoms with E-state index in [1.54, 1.807) is 0 Å². The number of alkyl halides is 1. The van der Waals surface area contributed by atoms with Crippen LogP contribution in [0.3, 0.4) is 0 Å². The standard InChI is InChI=1S/C8H8BrCl/c1-6(10)7-2-4-8(9)5-3-7/h2-4,8H,1,5H2. The number of hydrogen-bond donors (Lipinski definition) is 0. The molecule has 0 nitrogen and oxygen atoms in total. The number of hydrogen-bond acceptors (Lipinski definition) is 0. The van der Waals surface area contributed by atoms with Crippen LogP contribution in [0.2, 0.25) is 0 Å². The molecule has 0 radical (unpaired) electrons. The molecule has 0 aromatic rings. The second-order valence-corrected chi connectivity index (χ2v) is 3.81. The fourth-order valence-corrected chi connectivity index (χ4v) is 1.28. The SMILES string of the molecule is C=C(Cl)C1=CCC(Br)C=C1. The highest BCUT2D eigenvalue weighted by Gasteiger charge is 2.04. The first-order chi connectivity index (χ1) is 4.70. The second-order valence-electron chi connectivity index (χ2n) is 2.18. The van der Waals surface area contributed by atoms with Gasteiger partial charge < -0.3 is 0 Å². The fraction of sp³-hybridized carbons (Fsp3) is 0.250. The first kappa shape index (κ1) is 8.09. The van der Waals surface area contributed by atoms with Crippen molar-refractivity contribution in [3.05, 3.63) is 35.4 Å². The van der Waals surface area contributed by atoms with Crippen LogP contribution in [0.1, 0.15) is 6.42 Å². The van der Waals surface area contributed by atoms with Crippen molar-refractivity contribution in [2.45, 2.75) is 11.2 Å². The molecule has 54 valence electrons. The van der Waals surface area contributed by atoms with Crippen LogP contribution in [-0.4, -0.2) is 4.83 Å². The minimum atomic E-state index is 0.465. The van der Waals surface area contributed by atoms with Gasteiger partial charge in [0.2, 0.25) is 0 Å². The summed E-state index contributed by atoms with van der Waals surface area (Å²) in [6.45, 7) is 3.63. The molecule has 0 aromatic carbocycles. The molecule has 0 N–H and O–H groups in total. The van der Waals surface area contributed by atoms with Crippen LogP contribution in [0.15, 0.2) is 35.4 Å². The van der Waals surface area contributed by atoms with Crippen LogP contribution in [0.5, 0.6) is 0 Å². The molecule has 1 aliphatic rings. The molecular weight excluding hydrogens is 211 g/mol. The first-order valence-corrected chi connectivity index (χ1v) is 4.36. The van der Waals surface area contributed by atoms with Crippen LogP contribution < -0.4 is 0 Å². The Morgan fingerprint density at radius 2 is 2.50 bits per heavy atom. The second kappa shape index (κ2) is 3.40. The average Bonchev–Trinajstić information content (AvgIpc) is 1.88. The molecule has 0 spiro atoms. The van der Waals surface area contributed by atoms with Crippen LogP contribution in [0, 0.1) is 0 Å². The molecule has 0 saturated carbocycles. The van der Waals surface area contributed by atoms with Gasteiger partial charge in [-0.25, -0.2) is 0 Å². The Balaban J connectivity index is 2.67. The largest absolute Gasteiger partial charge is 0.0843 e. The van der Waals surface area contributed by atoms with E-state index in [0.717, 1.165) is 12.0 Å². The van der Waals surface area contributed by atoms with E-state index >= 15 is 0 Å². The van der Waals surface area contributed by atoms with Gasteiger partial charge >= 0.3 is 0 Å². The minimum absolute atomic E-state index is 0.465. The summed E-state index contributed by atoms with van der Waals surface area (Å²) in [4.78, 5) is 0.465. The summed E-state index contributed by atoms with van der Waals surface area (Å²) in [5.74, 6) is 0. The van der Waals surface area contributed by atoms with Crippen molar-refractivity contribution in [2.24, 2.45) is 0 Å². The average molecular weight is 220 g/mol. The van der Waals surface area contributed by atoms with Crippen molar-refractivity contribution in [2.75, 3.05) is 0 Å². The van der Waals surface area contributed by atoms with Crippen LogP contribution in [0.25, 0.3) is 0 Å². The van der Waals surface area contributed by atoms with E-state index in [1.165, 1.54) is 0 Å². The van der Waals surface area contributed by atoms with Gasteiger partial charge in [-0.1, -0.05) is 52.3 Å². The third kappa shape index (κ3) is 1.99. The lowest BCUT2D eigenvalue weighted by Gasteiger charge is -2.08. The van der Waals surface area contributed by atoms with Crippen molar-refractivity contribution in [1.29, 1.82) is 0 Å². The molecule has 0 heterocycles. The molecule has 2 heteroatoms. The lowest BCUT2D eigenvalue weighted by molar-refractivity contribution is 1.06. The third-order valence-corrected chi connectivity index (χ3v) is 2.26. The summed E-state index contributed by atoms with van der Waals surface area (Å²) < 4.78 is 0. The smallest absolute Gasteiger partial charge is 0.0403 e. The van der Waals surface area contributed by atoms with Crippen molar-refractivity contribution in [3.8, 4) is 0 Å². The Morgan fingerprint density at radius 3 is 2.90 bits per heavy atom. The molecule has 1 unspecified atom stereocenters. The molecule has 0 aliphatic heterocycles. The normalized spacial score (nSPS) is 24.2. The van der Waals surface area contributed by atoms with E-state index in [2.05, 4.69) is 34.7 Å². The molecule has 0 fully saturated rings. The van der Waals surface area contributed by atoms with E-state index in [1.807, 2.05) is 6.08 Å². The molecule has 1 rings (SSSR count). The Labute approximate surface area is 74.4 Å². The molecule has 0 aromatic heterocycles. The molecule has 1 aliphatic carbocycles. The van der Waals surface area contributed by atoms with Gasteiger partial charge in [0.15, 0.2) is 0 Å². The lowest BCUT2D eigenvalue weighted by Crippen LogP contribution is -1.95. The van der Waals surface area contributed by atoms with Crippen molar-refractivity contribution < 1.29 is 0 Å². The maximum absolute atomic E-state index is 5.67. The van der Waals surface area contributed by atoms with Gasteiger partial charge in [-0.15, -0.1) is 0 Å². The van der Waals surface area contributed by atoms with Crippen molar-refractivity contribution >= 4 is 27.5 Å². The van der Waals surface area contributed by atoms with Gasteiger partial charge in [-0.3, -0.25) is 0 Å². The lowest BCUT2D eigenvalue weighted by atomic mass is 10.1. The first-order valence-electron chi connectivity index (χ1n) is 3.07. The summed E-state index contributed by atoms with van der Waals surface area (Å²) >= 11 is 9.14. The van der Waals surface area contributed by atoms with Gasteiger partial charge in [-0.05, 0) is 12.0 Å². The van der Waals surface area contributed by atoms with Crippen molar-refractivity contribution in [1.82, 2.24) is 0 Å². The van der Waals surface area contributed by atoms with E-state index in [0.29, 0.717) is 9.86 Å². The summed E-state index contributed by atoms with van der Waals surface area (Å²) in [6, 6.07) is 0. The van der Waals surface area contributed by atoms with Gasteiger partial charge in [0.05, 0.1) is 0 Å². The van der Waals surface area contributed by atoms with E-state index in [-0.39, 0.29) is 0 Å². The monoisotopic (exact) mass is 218 g/mol. The molecule has 10 heavy (non-hydrogen) atoms. The zero-order valence-corrected chi connectivity index (χ0v) is 7.82. The van der Waals surface area contributed by atoms with Crippen molar-refractivity contribution in [3.63, 3.8) is 0 Å². The van der Waals surface area contributed by atoms with Gasteiger partial charge in [0, 0.05) is 9.86 Å². The zero-order valence-electron chi connectivity index (χ0n) is 5.48. The summed E-state index contributed by atoms with van der Waals surface area (Å²) in [5, 5.41) is 0.621. The maximum Gasteiger partial charge on any atom is 0.0403 e. The highest BCUT2D eigenvalue weighted by molar-refractivity contribution is 9.09. The minimum Gasteiger partial charge on any atom is -0.0843 e. The predicted octanol–water partition coefficient (Wildman–Crippen LogP) is 3.39. The summed E-state index contributed by atoms with van der Waals surface area (Å²) in [7, 11) is 0. The number of rotatable bonds is 1. The van der Waals surface area contributed by atoms with E-state index < -0.39 is 0 Å². The quantitative estimate of drug-likeness (QED) is 0.593. The highest BCUT2D eigenvalue weighted by atomic mass is 79.9. The van der Waals surface area contributed by atoms with Gasteiger partial charge in [0.1, 0.15) is 0 Å². The summed E-state index contributed by atoms with van der Waals surface area (Å²) in [6.07, 6.45) is 7.13. The Hall–Kier alpha value is -0.0100. The van der Waals surface area contributed by atoms with Crippen LogP contribution >= 0.6 is 27.5 Å². The number of halogens is 2. The predicted molar refractivity (Wildman–Crippen MR) is 49.5 cm³/mol.